The minimum atomic E-state index is -0.374. The minimum absolute atomic E-state index is 0.0962. The highest BCUT2D eigenvalue weighted by Gasteiger charge is 2.18. The summed E-state index contributed by atoms with van der Waals surface area (Å²) in [6.45, 7) is 4.37. The lowest BCUT2D eigenvalue weighted by atomic mass is 10.1. The van der Waals surface area contributed by atoms with Crippen molar-refractivity contribution < 1.29 is 4.79 Å². The number of aromatic nitrogens is 2. The second kappa shape index (κ2) is 4.76. The van der Waals surface area contributed by atoms with Gasteiger partial charge in [0.05, 0.1) is 10.7 Å². The highest BCUT2D eigenvalue weighted by molar-refractivity contribution is 9.10. The maximum atomic E-state index is 11.6. The Hall–Kier alpha value is -0.880. The summed E-state index contributed by atoms with van der Waals surface area (Å²) in [6, 6.07) is 0. The van der Waals surface area contributed by atoms with Crippen LogP contribution in [0.15, 0.2) is 16.9 Å². The maximum absolute atomic E-state index is 11.6. The maximum Gasteiger partial charge on any atom is 0.242 e. The van der Waals surface area contributed by atoms with Crippen LogP contribution in [0, 0.1) is 0 Å². The molecule has 0 aliphatic carbocycles. The third-order valence-corrected chi connectivity index (χ3v) is 2.30. The number of nitrogens with one attached hydrogen (secondary N) is 1. The fraction of sp³-hybridized carbons (Fsp3) is 0.556. The molecule has 0 saturated heterocycles. The SMILES string of the molecule is CC(C)(CN)NC(=O)Cn1cc(Br)cn1. The van der Waals surface area contributed by atoms with E-state index < -0.39 is 0 Å². The van der Waals surface area contributed by atoms with E-state index in [9.17, 15) is 4.79 Å². The number of hydrogen-bond donors (Lipinski definition) is 2. The number of carbonyl (C=O) groups excluding carboxylic acids is 1. The molecule has 84 valence electrons. The fourth-order valence-electron chi connectivity index (χ4n) is 1.04. The Kier molecular flexibility index (Phi) is 3.87. The van der Waals surface area contributed by atoms with Crippen LogP contribution >= 0.6 is 15.9 Å². The highest BCUT2D eigenvalue weighted by Crippen LogP contribution is 2.06. The Morgan fingerprint density at radius 1 is 1.73 bits per heavy atom. The average molecular weight is 275 g/mol. The summed E-state index contributed by atoms with van der Waals surface area (Å²) >= 11 is 3.26. The molecule has 1 rings (SSSR count). The lowest BCUT2D eigenvalue weighted by molar-refractivity contribution is -0.123. The van der Waals surface area contributed by atoms with Crippen LogP contribution in [0.1, 0.15) is 13.8 Å². The first-order valence-electron chi connectivity index (χ1n) is 4.62. The zero-order chi connectivity index (χ0) is 11.5. The lowest BCUT2D eigenvalue weighted by Crippen LogP contribution is -2.49. The van der Waals surface area contributed by atoms with Crippen LogP contribution < -0.4 is 11.1 Å². The molecule has 0 aliphatic heterocycles. The second-order valence-electron chi connectivity index (χ2n) is 3.99. The third-order valence-electron chi connectivity index (χ3n) is 1.90. The first-order chi connectivity index (χ1) is 6.93. The molecule has 3 N–H and O–H groups in total. The molecule has 0 aromatic carbocycles. The minimum Gasteiger partial charge on any atom is -0.348 e. The van der Waals surface area contributed by atoms with Crippen molar-refractivity contribution in [1.82, 2.24) is 15.1 Å². The van der Waals surface area contributed by atoms with Gasteiger partial charge in [0.25, 0.3) is 0 Å². The van der Waals surface area contributed by atoms with Gasteiger partial charge in [-0.25, -0.2) is 0 Å². The molecule has 1 heterocycles. The molecule has 0 fully saturated rings. The van der Waals surface area contributed by atoms with Gasteiger partial charge in [0.1, 0.15) is 6.54 Å². The van der Waals surface area contributed by atoms with Gasteiger partial charge in [-0.3, -0.25) is 9.48 Å². The Morgan fingerprint density at radius 2 is 2.40 bits per heavy atom. The van der Waals surface area contributed by atoms with Gasteiger partial charge >= 0.3 is 0 Å². The van der Waals surface area contributed by atoms with E-state index in [1.165, 1.54) is 0 Å². The lowest BCUT2D eigenvalue weighted by Gasteiger charge is -2.24. The van der Waals surface area contributed by atoms with Crippen molar-refractivity contribution in [2.75, 3.05) is 6.54 Å². The van der Waals surface area contributed by atoms with Gasteiger partial charge in [0.15, 0.2) is 0 Å². The standard InChI is InChI=1S/C9H15BrN4O/c1-9(2,6-11)13-8(15)5-14-4-7(10)3-12-14/h3-4H,5-6,11H2,1-2H3,(H,13,15). The van der Waals surface area contributed by atoms with Gasteiger partial charge in [0, 0.05) is 18.3 Å². The van der Waals surface area contributed by atoms with Crippen molar-refractivity contribution in [1.29, 1.82) is 0 Å². The smallest absolute Gasteiger partial charge is 0.242 e. The van der Waals surface area contributed by atoms with Crippen LogP contribution in [-0.4, -0.2) is 27.8 Å². The molecule has 1 aromatic heterocycles. The van der Waals surface area contributed by atoms with E-state index in [-0.39, 0.29) is 18.0 Å². The van der Waals surface area contributed by atoms with E-state index >= 15 is 0 Å². The summed E-state index contributed by atoms with van der Waals surface area (Å²) in [7, 11) is 0. The van der Waals surface area contributed by atoms with Crippen molar-refractivity contribution in [2.24, 2.45) is 5.73 Å². The first kappa shape index (κ1) is 12.2. The molecular formula is C9H15BrN4O. The number of nitrogens with two attached hydrogens (primary N) is 1. The van der Waals surface area contributed by atoms with Crippen LogP contribution in [0.2, 0.25) is 0 Å². The Morgan fingerprint density at radius 3 is 2.87 bits per heavy atom. The molecule has 15 heavy (non-hydrogen) atoms. The van der Waals surface area contributed by atoms with Crippen LogP contribution in [0.4, 0.5) is 0 Å². The summed E-state index contributed by atoms with van der Waals surface area (Å²) in [6.07, 6.45) is 3.39. The van der Waals surface area contributed by atoms with Crippen LogP contribution in [-0.2, 0) is 11.3 Å². The van der Waals surface area contributed by atoms with Gasteiger partial charge in [-0.1, -0.05) is 0 Å². The fourth-order valence-corrected chi connectivity index (χ4v) is 1.37. The van der Waals surface area contributed by atoms with Gasteiger partial charge in [0.2, 0.25) is 5.91 Å². The summed E-state index contributed by atoms with van der Waals surface area (Å²) < 4.78 is 2.42. The number of halogens is 1. The predicted octanol–water partition coefficient (Wildman–Crippen LogP) is 0.499. The van der Waals surface area contributed by atoms with Crippen molar-refractivity contribution in [3.05, 3.63) is 16.9 Å². The molecular weight excluding hydrogens is 260 g/mol. The van der Waals surface area contributed by atoms with Gasteiger partial charge in [-0.2, -0.15) is 5.10 Å². The molecule has 0 atom stereocenters. The molecule has 0 aliphatic rings. The van der Waals surface area contributed by atoms with E-state index in [0.717, 1.165) is 4.47 Å². The summed E-state index contributed by atoms with van der Waals surface area (Å²) in [5.41, 5.74) is 5.13. The Bertz CT molecular complexity index is 348. The average Bonchev–Trinajstić information content (AvgIpc) is 2.50. The molecule has 0 radical (unpaired) electrons. The highest BCUT2D eigenvalue weighted by atomic mass is 79.9. The molecule has 1 amide bonds. The van der Waals surface area contributed by atoms with Gasteiger partial charge in [-0.15, -0.1) is 0 Å². The quantitative estimate of drug-likeness (QED) is 0.840. The van der Waals surface area contributed by atoms with E-state index in [4.69, 9.17) is 5.73 Å². The Labute approximate surface area is 97.1 Å². The van der Waals surface area contributed by atoms with Gasteiger partial charge in [-0.05, 0) is 29.8 Å². The van der Waals surface area contributed by atoms with Crippen molar-refractivity contribution >= 4 is 21.8 Å². The van der Waals surface area contributed by atoms with E-state index in [0.29, 0.717) is 6.54 Å². The third kappa shape index (κ3) is 4.01. The topological polar surface area (TPSA) is 72.9 Å². The molecule has 6 heteroatoms. The zero-order valence-corrected chi connectivity index (χ0v) is 10.4. The van der Waals surface area contributed by atoms with Crippen LogP contribution in [0.5, 0.6) is 0 Å². The van der Waals surface area contributed by atoms with Crippen molar-refractivity contribution in [2.45, 2.75) is 25.9 Å². The van der Waals surface area contributed by atoms with E-state index in [1.54, 1.807) is 17.1 Å². The number of rotatable bonds is 4. The molecule has 0 bridgehead atoms. The molecule has 0 unspecified atom stereocenters. The first-order valence-corrected chi connectivity index (χ1v) is 5.41. The number of nitrogens with zero attached hydrogens (tertiary/aromatic N) is 2. The van der Waals surface area contributed by atoms with E-state index in [2.05, 4.69) is 26.3 Å². The van der Waals surface area contributed by atoms with Crippen LogP contribution in [0.25, 0.3) is 0 Å². The number of carbonyl (C=O) groups is 1. The summed E-state index contributed by atoms with van der Waals surface area (Å²) in [5.74, 6) is -0.0962. The number of amides is 1. The molecule has 0 spiro atoms. The largest absolute Gasteiger partial charge is 0.348 e. The summed E-state index contributed by atoms with van der Waals surface area (Å²) in [5, 5.41) is 6.81. The second-order valence-corrected chi connectivity index (χ2v) is 4.91. The Balaban J connectivity index is 2.50. The molecule has 1 aromatic rings. The van der Waals surface area contributed by atoms with Crippen molar-refractivity contribution in [3.63, 3.8) is 0 Å². The summed E-state index contributed by atoms with van der Waals surface area (Å²) in [4.78, 5) is 11.6. The molecule has 0 saturated carbocycles. The van der Waals surface area contributed by atoms with E-state index in [1.807, 2.05) is 13.8 Å². The van der Waals surface area contributed by atoms with Gasteiger partial charge < -0.3 is 11.1 Å². The molecule has 5 nitrogen and oxygen atoms in total. The normalized spacial score (nSPS) is 11.5. The van der Waals surface area contributed by atoms with Crippen molar-refractivity contribution in [3.8, 4) is 0 Å². The van der Waals surface area contributed by atoms with Crippen LogP contribution in [0.3, 0.4) is 0 Å². The number of hydrogen-bond acceptors (Lipinski definition) is 3. The predicted molar refractivity (Wildman–Crippen MR) is 61.2 cm³/mol. The monoisotopic (exact) mass is 274 g/mol. The zero-order valence-electron chi connectivity index (χ0n) is 8.83.